The number of allylic oxidation sites excluding steroid dienone is 1. The van der Waals surface area contributed by atoms with Gasteiger partial charge < -0.3 is 5.11 Å². The maximum absolute atomic E-state index is 13.3. The van der Waals surface area contributed by atoms with Crippen LogP contribution in [0.25, 0.3) is 6.08 Å². The third-order valence-electron chi connectivity index (χ3n) is 6.39. The van der Waals surface area contributed by atoms with Crippen molar-refractivity contribution in [3.05, 3.63) is 71.8 Å². The molecule has 0 saturated carbocycles. The lowest BCUT2D eigenvalue weighted by atomic mass is 9.74. The molecule has 0 aliphatic carbocycles. The summed E-state index contributed by atoms with van der Waals surface area (Å²) in [6, 6.07) is 17.2. The Balaban J connectivity index is 1.62. The zero-order valence-electron chi connectivity index (χ0n) is 17.4. The highest BCUT2D eigenvalue weighted by Crippen LogP contribution is 2.42. The molecule has 2 aliphatic rings. The zero-order chi connectivity index (χ0) is 21.1. The van der Waals surface area contributed by atoms with Crippen molar-refractivity contribution in [2.45, 2.75) is 42.7 Å². The minimum Gasteiger partial charge on any atom is -0.395 e. The van der Waals surface area contributed by atoms with Gasteiger partial charge in [0.2, 0.25) is 10.0 Å². The summed E-state index contributed by atoms with van der Waals surface area (Å²) < 4.78 is 28.2. The summed E-state index contributed by atoms with van der Waals surface area (Å²) in [5, 5.41) is 10.1. The van der Waals surface area contributed by atoms with Crippen LogP contribution in [0.3, 0.4) is 0 Å². The summed E-state index contributed by atoms with van der Waals surface area (Å²) in [6.07, 6.45) is 5.83. The molecule has 5 nitrogen and oxygen atoms in total. The first kappa shape index (κ1) is 21.2. The largest absolute Gasteiger partial charge is 0.395 e. The lowest BCUT2D eigenvalue weighted by Gasteiger charge is -2.57. The SMILES string of the molecule is C/C=C/c1ccc([C@H]2[C@@H](CO)N3CCCCN(S(=O)(=O)c4ccccc4)C[C@@H]23)cc1. The second kappa shape index (κ2) is 9.02. The Hall–Kier alpha value is -1.99. The summed E-state index contributed by atoms with van der Waals surface area (Å²) >= 11 is 0. The van der Waals surface area contributed by atoms with E-state index in [4.69, 9.17) is 0 Å². The van der Waals surface area contributed by atoms with E-state index in [0.717, 1.165) is 24.9 Å². The number of benzene rings is 2. The van der Waals surface area contributed by atoms with Gasteiger partial charge in [0.1, 0.15) is 0 Å². The topological polar surface area (TPSA) is 60.9 Å². The summed E-state index contributed by atoms with van der Waals surface area (Å²) in [5.41, 5.74) is 2.31. The Bertz CT molecular complexity index is 973. The van der Waals surface area contributed by atoms with Crippen molar-refractivity contribution in [1.82, 2.24) is 9.21 Å². The van der Waals surface area contributed by atoms with Crippen LogP contribution < -0.4 is 0 Å². The molecule has 0 spiro atoms. The Kier molecular flexibility index (Phi) is 6.39. The molecule has 2 aliphatic heterocycles. The van der Waals surface area contributed by atoms with Crippen LogP contribution in [0, 0.1) is 0 Å². The molecule has 0 unspecified atom stereocenters. The van der Waals surface area contributed by atoms with E-state index in [0.29, 0.717) is 18.0 Å². The normalized spacial score (nSPS) is 26.0. The van der Waals surface area contributed by atoms with E-state index in [1.165, 1.54) is 5.56 Å². The second-order valence-corrected chi connectivity index (χ2v) is 10.1. The maximum Gasteiger partial charge on any atom is 0.243 e. The molecule has 30 heavy (non-hydrogen) atoms. The number of sulfonamides is 1. The van der Waals surface area contributed by atoms with E-state index in [-0.39, 0.29) is 24.6 Å². The first-order valence-electron chi connectivity index (χ1n) is 10.7. The highest BCUT2D eigenvalue weighted by molar-refractivity contribution is 7.89. The first-order valence-corrected chi connectivity index (χ1v) is 12.1. The molecule has 1 N–H and O–H groups in total. The second-order valence-electron chi connectivity index (χ2n) is 8.13. The lowest BCUT2D eigenvalue weighted by Crippen LogP contribution is -2.67. The highest BCUT2D eigenvalue weighted by atomic mass is 32.2. The van der Waals surface area contributed by atoms with Gasteiger partial charge in [-0.25, -0.2) is 8.42 Å². The Morgan fingerprint density at radius 3 is 2.40 bits per heavy atom. The molecule has 0 bridgehead atoms. The van der Waals surface area contributed by atoms with Gasteiger partial charge in [0, 0.05) is 31.1 Å². The standard InChI is InChI=1S/C24H30N2O3S/c1-2-8-19-11-13-20(14-12-19)24-22-17-25(15-6-7-16-26(22)23(24)18-27)30(28,29)21-9-4-3-5-10-21/h2-5,8-14,22-24,27H,6-7,15-18H2,1H3/b8-2+/t22-,23+,24+/m0/s1. The number of fused-ring (bicyclic) bond motifs is 1. The molecule has 4 rings (SSSR count). The summed E-state index contributed by atoms with van der Waals surface area (Å²) in [7, 11) is -3.53. The average molecular weight is 427 g/mol. The predicted octanol–water partition coefficient (Wildman–Crippen LogP) is 3.33. The van der Waals surface area contributed by atoms with Crippen molar-refractivity contribution in [3.8, 4) is 0 Å². The van der Waals surface area contributed by atoms with Crippen molar-refractivity contribution in [2.24, 2.45) is 0 Å². The van der Waals surface area contributed by atoms with Crippen LogP contribution in [0.1, 0.15) is 36.8 Å². The molecule has 2 fully saturated rings. The Labute approximate surface area is 179 Å². The molecule has 3 atom stereocenters. The molecule has 0 amide bonds. The summed E-state index contributed by atoms with van der Waals surface area (Å²) in [5.74, 6) is 0.126. The molecule has 0 aromatic heterocycles. The summed E-state index contributed by atoms with van der Waals surface area (Å²) in [4.78, 5) is 2.65. The Morgan fingerprint density at radius 2 is 1.73 bits per heavy atom. The fourth-order valence-corrected chi connectivity index (χ4v) is 6.41. The van der Waals surface area contributed by atoms with E-state index >= 15 is 0 Å². The maximum atomic E-state index is 13.3. The number of aliphatic hydroxyl groups excluding tert-OH is 1. The van der Waals surface area contributed by atoms with Crippen molar-refractivity contribution < 1.29 is 13.5 Å². The monoisotopic (exact) mass is 426 g/mol. The summed E-state index contributed by atoms with van der Waals surface area (Å²) in [6.45, 7) is 3.98. The molecule has 2 heterocycles. The van der Waals surface area contributed by atoms with Crippen molar-refractivity contribution in [3.63, 3.8) is 0 Å². The molecular formula is C24H30N2O3S. The fourth-order valence-electron chi connectivity index (χ4n) is 4.89. The fraction of sp³-hybridized carbons (Fsp3) is 0.417. The van der Waals surface area contributed by atoms with Crippen LogP contribution in [-0.2, 0) is 10.0 Å². The van der Waals surface area contributed by atoms with Gasteiger partial charge in [-0.05, 0) is 49.6 Å². The van der Waals surface area contributed by atoms with Crippen LogP contribution >= 0.6 is 0 Å². The minimum absolute atomic E-state index is 0.0435. The predicted molar refractivity (Wildman–Crippen MR) is 120 cm³/mol. The molecule has 6 heteroatoms. The molecule has 2 aromatic rings. The van der Waals surface area contributed by atoms with Gasteiger partial charge in [-0.15, -0.1) is 0 Å². The third-order valence-corrected chi connectivity index (χ3v) is 8.27. The van der Waals surface area contributed by atoms with Crippen LogP contribution in [0.5, 0.6) is 0 Å². The van der Waals surface area contributed by atoms with Gasteiger partial charge in [0.25, 0.3) is 0 Å². The van der Waals surface area contributed by atoms with Gasteiger partial charge in [-0.1, -0.05) is 54.6 Å². The van der Waals surface area contributed by atoms with Gasteiger partial charge in [0.05, 0.1) is 11.5 Å². The number of rotatable bonds is 5. The van der Waals surface area contributed by atoms with E-state index in [1.807, 2.05) is 19.1 Å². The van der Waals surface area contributed by atoms with Crippen molar-refractivity contribution >= 4 is 16.1 Å². The molecular weight excluding hydrogens is 396 g/mol. The van der Waals surface area contributed by atoms with Crippen LogP contribution in [0.2, 0.25) is 0 Å². The van der Waals surface area contributed by atoms with Crippen LogP contribution in [-0.4, -0.2) is 61.1 Å². The zero-order valence-corrected chi connectivity index (χ0v) is 18.2. The van der Waals surface area contributed by atoms with E-state index in [1.54, 1.807) is 28.6 Å². The minimum atomic E-state index is -3.53. The van der Waals surface area contributed by atoms with E-state index in [9.17, 15) is 13.5 Å². The van der Waals surface area contributed by atoms with Crippen molar-refractivity contribution in [2.75, 3.05) is 26.2 Å². The van der Waals surface area contributed by atoms with E-state index in [2.05, 4.69) is 35.2 Å². The molecule has 2 aromatic carbocycles. The molecule has 2 saturated heterocycles. The van der Waals surface area contributed by atoms with Crippen LogP contribution in [0.15, 0.2) is 65.6 Å². The van der Waals surface area contributed by atoms with Crippen molar-refractivity contribution in [1.29, 1.82) is 0 Å². The first-order chi connectivity index (χ1) is 14.6. The highest BCUT2D eigenvalue weighted by Gasteiger charge is 2.50. The Morgan fingerprint density at radius 1 is 1.03 bits per heavy atom. The van der Waals surface area contributed by atoms with E-state index < -0.39 is 10.0 Å². The number of aliphatic hydroxyl groups is 1. The lowest BCUT2D eigenvalue weighted by molar-refractivity contribution is -0.0553. The van der Waals surface area contributed by atoms with Gasteiger partial charge in [-0.2, -0.15) is 4.31 Å². The number of nitrogens with zero attached hydrogens (tertiary/aromatic N) is 2. The van der Waals surface area contributed by atoms with Gasteiger partial charge in [0.15, 0.2) is 0 Å². The molecule has 0 radical (unpaired) electrons. The average Bonchev–Trinajstić information content (AvgIpc) is 2.74. The van der Waals surface area contributed by atoms with Crippen LogP contribution in [0.4, 0.5) is 0 Å². The number of hydrogen-bond acceptors (Lipinski definition) is 4. The smallest absolute Gasteiger partial charge is 0.243 e. The third kappa shape index (κ3) is 3.97. The van der Waals surface area contributed by atoms with Gasteiger partial charge in [-0.3, -0.25) is 4.90 Å². The number of hydrogen-bond donors (Lipinski definition) is 1. The quantitative estimate of drug-likeness (QED) is 0.797. The molecule has 160 valence electrons. The van der Waals surface area contributed by atoms with Gasteiger partial charge >= 0.3 is 0 Å².